The minimum Gasteiger partial charge on any atom is -0.461 e. The first kappa shape index (κ1) is 26.0. The molecule has 3 aromatic rings. The zero-order valence-corrected chi connectivity index (χ0v) is 22.0. The van der Waals surface area contributed by atoms with Gasteiger partial charge >= 0.3 is 12.1 Å². The molecule has 198 valence electrons. The highest BCUT2D eigenvalue weighted by Crippen LogP contribution is 2.36. The van der Waals surface area contributed by atoms with E-state index in [9.17, 15) is 9.59 Å². The fraction of sp³-hybridized carbons (Fsp3) is 0.375. The van der Waals surface area contributed by atoms with Crippen LogP contribution in [0.4, 0.5) is 10.5 Å². The second-order valence-corrected chi connectivity index (χ2v) is 10.4. The Balaban J connectivity index is 1.20. The molecule has 2 aliphatic heterocycles. The summed E-state index contributed by atoms with van der Waals surface area (Å²) in [4.78, 5) is 27.6. The fourth-order valence-electron chi connectivity index (χ4n) is 5.72. The van der Waals surface area contributed by atoms with Gasteiger partial charge in [0.2, 0.25) is 0 Å². The summed E-state index contributed by atoms with van der Waals surface area (Å²) in [5.41, 5.74) is 4.72. The van der Waals surface area contributed by atoms with Crippen molar-refractivity contribution in [2.45, 2.75) is 69.7 Å². The maximum absolute atomic E-state index is 13.0. The summed E-state index contributed by atoms with van der Waals surface area (Å²) in [7, 11) is 2.18. The molecule has 2 atom stereocenters. The third-order valence-corrected chi connectivity index (χ3v) is 7.82. The number of hydrogen-bond donors (Lipinski definition) is 1. The molecule has 0 spiro atoms. The number of carbonyl (C=O) groups excluding carboxylic acids is 2. The molecule has 0 unspecified atom stereocenters. The normalized spacial score (nSPS) is 20.6. The van der Waals surface area contributed by atoms with E-state index in [1.807, 2.05) is 72.8 Å². The SMILES string of the molecule is CN1[C@@H]2CC[C@@H]1CC(OC(=O)Nc1cc(CCCC(=O)OCc3ccccc3)ccc1-c1ccccc1)C2. The number of aryl methyl sites for hydroxylation is 1. The highest BCUT2D eigenvalue weighted by Gasteiger charge is 2.39. The number of hydrogen-bond acceptors (Lipinski definition) is 5. The number of ether oxygens (including phenoxy) is 2. The Hall–Kier alpha value is -3.64. The van der Waals surface area contributed by atoms with Gasteiger partial charge in [-0.3, -0.25) is 10.1 Å². The van der Waals surface area contributed by atoms with Crippen LogP contribution in [-0.2, 0) is 27.3 Å². The molecule has 0 radical (unpaired) electrons. The zero-order valence-electron chi connectivity index (χ0n) is 22.0. The second kappa shape index (κ2) is 12.3. The Morgan fingerprint density at radius 2 is 1.58 bits per heavy atom. The number of nitrogens with zero attached hydrogens (tertiary/aromatic N) is 1. The molecule has 3 aromatic carbocycles. The Morgan fingerprint density at radius 1 is 0.895 bits per heavy atom. The van der Waals surface area contributed by atoms with Crippen molar-refractivity contribution in [1.82, 2.24) is 4.90 Å². The lowest BCUT2D eigenvalue weighted by atomic mass is 9.99. The summed E-state index contributed by atoms with van der Waals surface area (Å²) in [6.07, 6.45) is 5.42. The van der Waals surface area contributed by atoms with Gasteiger partial charge in [-0.2, -0.15) is 0 Å². The van der Waals surface area contributed by atoms with Gasteiger partial charge in [-0.15, -0.1) is 0 Å². The summed E-state index contributed by atoms with van der Waals surface area (Å²) in [6.45, 7) is 0.292. The number of esters is 1. The average Bonchev–Trinajstić information content (AvgIpc) is 3.13. The molecule has 2 aliphatic rings. The topological polar surface area (TPSA) is 67.9 Å². The molecule has 6 heteroatoms. The van der Waals surface area contributed by atoms with Gasteiger partial charge in [0, 0.05) is 36.9 Å². The van der Waals surface area contributed by atoms with Crippen LogP contribution in [0.2, 0.25) is 0 Å². The predicted octanol–water partition coefficient (Wildman–Crippen LogP) is 6.59. The third-order valence-electron chi connectivity index (χ3n) is 7.82. The third kappa shape index (κ3) is 6.62. The number of piperidine rings is 1. The van der Waals surface area contributed by atoms with Crippen molar-refractivity contribution in [2.75, 3.05) is 12.4 Å². The maximum Gasteiger partial charge on any atom is 0.411 e. The van der Waals surface area contributed by atoms with Gasteiger partial charge in [0.1, 0.15) is 12.7 Å². The van der Waals surface area contributed by atoms with E-state index < -0.39 is 6.09 Å². The quantitative estimate of drug-likeness (QED) is 0.328. The lowest BCUT2D eigenvalue weighted by Gasteiger charge is -2.35. The standard InChI is InChI=1S/C32H36N2O4/c1-34-26-16-17-27(34)21-28(20-26)38-32(36)33-30-19-23(15-18-29(30)25-12-6-3-7-13-25)11-8-14-31(35)37-22-24-9-4-2-5-10-24/h2-7,9-10,12-13,15,18-19,26-28H,8,11,14,16-17,20-22H2,1H3,(H,33,36)/t26-,27-/m1/s1. The van der Waals surface area contributed by atoms with E-state index in [1.54, 1.807) is 0 Å². The number of anilines is 1. The molecule has 6 nitrogen and oxygen atoms in total. The molecule has 0 aliphatic carbocycles. The Labute approximate surface area is 225 Å². The fourth-order valence-corrected chi connectivity index (χ4v) is 5.72. The van der Waals surface area contributed by atoms with Gasteiger partial charge in [0.15, 0.2) is 0 Å². The first-order chi connectivity index (χ1) is 18.5. The summed E-state index contributed by atoms with van der Waals surface area (Å²) in [5, 5.41) is 3.03. The Bertz CT molecular complexity index is 1220. The summed E-state index contributed by atoms with van der Waals surface area (Å²) in [6, 6.07) is 26.8. The van der Waals surface area contributed by atoms with E-state index in [0.717, 1.165) is 40.8 Å². The van der Waals surface area contributed by atoms with Crippen LogP contribution in [0.25, 0.3) is 11.1 Å². The number of fused-ring (bicyclic) bond motifs is 2. The van der Waals surface area contributed by atoms with Crippen molar-refractivity contribution in [3.63, 3.8) is 0 Å². The van der Waals surface area contributed by atoms with Gasteiger partial charge in [-0.1, -0.05) is 72.8 Å². The monoisotopic (exact) mass is 512 g/mol. The summed E-state index contributed by atoms with van der Waals surface area (Å²) in [5.74, 6) is -0.205. The van der Waals surface area contributed by atoms with E-state index in [-0.39, 0.29) is 12.1 Å². The first-order valence-corrected chi connectivity index (χ1v) is 13.6. The number of benzene rings is 3. The minimum atomic E-state index is -0.405. The van der Waals surface area contributed by atoms with E-state index in [4.69, 9.17) is 9.47 Å². The average molecular weight is 513 g/mol. The highest BCUT2D eigenvalue weighted by molar-refractivity contribution is 5.91. The van der Waals surface area contributed by atoms with Crippen molar-refractivity contribution in [2.24, 2.45) is 0 Å². The summed E-state index contributed by atoms with van der Waals surface area (Å²) < 4.78 is 11.3. The van der Waals surface area contributed by atoms with Crippen LogP contribution >= 0.6 is 0 Å². The van der Waals surface area contributed by atoms with Crippen LogP contribution in [0.1, 0.15) is 49.7 Å². The molecular weight excluding hydrogens is 476 g/mol. The number of carbonyl (C=O) groups is 2. The molecule has 1 N–H and O–H groups in total. The van der Waals surface area contributed by atoms with Crippen LogP contribution in [0.5, 0.6) is 0 Å². The van der Waals surface area contributed by atoms with E-state index in [0.29, 0.717) is 38.0 Å². The highest BCUT2D eigenvalue weighted by atomic mass is 16.6. The second-order valence-electron chi connectivity index (χ2n) is 10.4. The van der Waals surface area contributed by atoms with Crippen LogP contribution < -0.4 is 5.32 Å². The number of amides is 1. The van der Waals surface area contributed by atoms with E-state index in [2.05, 4.69) is 23.3 Å². The van der Waals surface area contributed by atoms with Crippen molar-refractivity contribution in [3.05, 3.63) is 90.0 Å². The van der Waals surface area contributed by atoms with Crippen LogP contribution in [0.3, 0.4) is 0 Å². The number of rotatable bonds is 9. The van der Waals surface area contributed by atoms with Crippen molar-refractivity contribution in [1.29, 1.82) is 0 Å². The largest absolute Gasteiger partial charge is 0.461 e. The lowest BCUT2D eigenvalue weighted by Crippen LogP contribution is -2.43. The van der Waals surface area contributed by atoms with Gasteiger partial charge < -0.3 is 14.4 Å². The maximum atomic E-state index is 13.0. The van der Waals surface area contributed by atoms with Crippen molar-refractivity contribution in [3.8, 4) is 11.1 Å². The molecular formula is C32H36N2O4. The molecule has 38 heavy (non-hydrogen) atoms. The predicted molar refractivity (Wildman–Crippen MR) is 149 cm³/mol. The van der Waals surface area contributed by atoms with Crippen LogP contribution in [-0.4, -0.2) is 42.2 Å². The van der Waals surface area contributed by atoms with Crippen molar-refractivity contribution < 1.29 is 19.1 Å². The molecule has 2 fully saturated rings. The summed E-state index contributed by atoms with van der Waals surface area (Å²) >= 11 is 0. The smallest absolute Gasteiger partial charge is 0.411 e. The Morgan fingerprint density at radius 3 is 2.29 bits per heavy atom. The zero-order chi connectivity index (χ0) is 26.3. The molecule has 2 heterocycles. The van der Waals surface area contributed by atoms with Gasteiger partial charge in [-0.05, 0) is 55.5 Å². The van der Waals surface area contributed by atoms with Gasteiger partial charge in [0.25, 0.3) is 0 Å². The van der Waals surface area contributed by atoms with Crippen molar-refractivity contribution >= 4 is 17.7 Å². The molecule has 2 bridgehead atoms. The molecule has 2 saturated heterocycles. The minimum absolute atomic E-state index is 0.0473. The van der Waals surface area contributed by atoms with E-state index in [1.165, 1.54) is 12.8 Å². The van der Waals surface area contributed by atoms with Gasteiger partial charge in [0.05, 0.1) is 5.69 Å². The molecule has 1 amide bonds. The van der Waals surface area contributed by atoms with E-state index >= 15 is 0 Å². The van der Waals surface area contributed by atoms with Crippen LogP contribution in [0.15, 0.2) is 78.9 Å². The Kier molecular flexibility index (Phi) is 8.39. The molecule has 0 aromatic heterocycles. The molecule has 5 rings (SSSR count). The van der Waals surface area contributed by atoms with Gasteiger partial charge in [-0.25, -0.2) is 4.79 Å². The first-order valence-electron chi connectivity index (χ1n) is 13.6. The lowest BCUT2D eigenvalue weighted by molar-refractivity contribution is -0.145. The number of nitrogens with one attached hydrogen (secondary N) is 1. The molecule has 0 saturated carbocycles. The van der Waals surface area contributed by atoms with Crippen LogP contribution in [0, 0.1) is 0 Å².